The first-order chi connectivity index (χ1) is 18.2. The molecule has 10 heteroatoms. The van der Waals surface area contributed by atoms with Crippen LogP contribution in [0.2, 0.25) is 0 Å². The molecular formula is C29H17F9O. The summed E-state index contributed by atoms with van der Waals surface area (Å²) in [4.78, 5) is 0. The smallest absolute Gasteiger partial charge is 0.352 e. The fourth-order valence-corrected chi connectivity index (χ4v) is 7.65. The van der Waals surface area contributed by atoms with E-state index in [9.17, 15) is 26.3 Å². The number of alkyl halides is 9. The number of hydrogen-bond donors (Lipinski definition) is 0. The Bertz CT molecular complexity index is 1560. The van der Waals surface area contributed by atoms with Gasteiger partial charge < -0.3 is 4.74 Å². The highest BCUT2D eigenvalue weighted by Crippen LogP contribution is 2.79. The molecule has 6 atom stereocenters. The molecule has 0 amide bonds. The van der Waals surface area contributed by atoms with E-state index in [1.54, 1.807) is 36.4 Å². The molecule has 2 aliphatic carbocycles. The van der Waals surface area contributed by atoms with E-state index in [2.05, 4.69) is 0 Å². The Morgan fingerprint density at radius 2 is 1.18 bits per heavy atom. The van der Waals surface area contributed by atoms with Crippen LogP contribution in [-0.4, -0.2) is 11.8 Å². The molecule has 1 nitrogen and oxygen atoms in total. The molecular weight excluding hydrogens is 535 g/mol. The van der Waals surface area contributed by atoms with Gasteiger partial charge in [0.25, 0.3) is 0 Å². The molecule has 2 bridgehead atoms. The summed E-state index contributed by atoms with van der Waals surface area (Å²) in [6.07, 6.45) is -9.73. The second kappa shape index (κ2) is 7.27. The summed E-state index contributed by atoms with van der Waals surface area (Å²) in [7, 11) is 0. The van der Waals surface area contributed by atoms with E-state index in [1.165, 1.54) is 24.3 Å². The Labute approximate surface area is 215 Å². The zero-order valence-electron chi connectivity index (χ0n) is 19.6. The third-order valence-corrected chi connectivity index (χ3v) is 8.84. The minimum absolute atomic E-state index is 0.0171. The molecule has 0 saturated carbocycles. The predicted octanol–water partition coefficient (Wildman–Crippen LogP) is 8.66. The monoisotopic (exact) mass is 552 g/mol. The number of allylic oxidation sites excluding steroid dienone is 2. The zero-order valence-corrected chi connectivity index (χ0v) is 19.6. The zero-order chi connectivity index (χ0) is 27.8. The summed E-state index contributed by atoms with van der Waals surface area (Å²) in [6, 6.07) is 10.9. The van der Waals surface area contributed by atoms with Gasteiger partial charge in [0, 0.05) is 23.7 Å². The van der Waals surface area contributed by atoms with Gasteiger partial charge >= 0.3 is 18.5 Å². The van der Waals surface area contributed by atoms with Gasteiger partial charge in [-0.1, -0.05) is 60.7 Å². The highest BCUT2D eigenvalue weighted by Gasteiger charge is 2.84. The second-order valence-electron chi connectivity index (χ2n) is 10.5. The van der Waals surface area contributed by atoms with Crippen molar-refractivity contribution in [2.45, 2.75) is 41.6 Å². The third kappa shape index (κ3) is 2.93. The average molecular weight is 552 g/mol. The van der Waals surface area contributed by atoms with Crippen LogP contribution in [0.1, 0.15) is 39.7 Å². The Hall–Kier alpha value is -3.27. The molecule has 202 valence electrons. The quantitative estimate of drug-likeness (QED) is 0.275. The first kappa shape index (κ1) is 24.7. The highest BCUT2D eigenvalue weighted by molar-refractivity contribution is 5.93. The number of benzene rings is 3. The minimum Gasteiger partial charge on any atom is -0.352 e. The van der Waals surface area contributed by atoms with Crippen LogP contribution < -0.4 is 0 Å². The lowest BCUT2D eigenvalue weighted by molar-refractivity contribution is -0.277. The van der Waals surface area contributed by atoms with Crippen molar-refractivity contribution in [3.63, 3.8) is 0 Å². The lowest BCUT2D eigenvalue weighted by Crippen LogP contribution is -2.55. The molecule has 0 aromatic heterocycles. The third-order valence-electron chi connectivity index (χ3n) is 8.84. The van der Waals surface area contributed by atoms with Crippen LogP contribution in [0, 0.1) is 11.8 Å². The molecule has 0 radical (unpaired) electrons. The Morgan fingerprint density at radius 1 is 0.641 bits per heavy atom. The van der Waals surface area contributed by atoms with Gasteiger partial charge in [0.15, 0.2) is 5.60 Å². The summed E-state index contributed by atoms with van der Waals surface area (Å²) in [6.45, 7) is 0. The fourth-order valence-electron chi connectivity index (χ4n) is 7.65. The SMILES string of the molecule is FC(F)(F)c1cc(C(F)(F)F)cc(C23OC(C(F)(F)F)(C4C=CC=CC42)C2c4cccc5cccc(c45)C23)c1. The summed E-state index contributed by atoms with van der Waals surface area (Å²) in [5, 5.41) is 1.17. The van der Waals surface area contributed by atoms with Crippen molar-refractivity contribution < 1.29 is 44.3 Å². The molecule has 4 aliphatic rings. The summed E-state index contributed by atoms with van der Waals surface area (Å²) in [5.74, 6) is -5.08. The molecule has 2 saturated heterocycles. The summed E-state index contributed by atoms with van der Waals surface area (Å²) < 4.78 is 136. The summed E-state index contributed by atoms with van der Waals surface area (Å²) in [5.41, 5.74) is -8.03. The van der Waals surface area contributed by atoms with Gasteiger partial charge in [-0.3, -0.25) is 0 Å². The van der Waals surface area contributed by atoms with Gasteiger partial charge in [-0.15, -0.1) is 0 Å². The normalized spacial score (nSPS) is 32.6. The molecule has 3 aromatic carbocycles. The Morgan fingerprint density at radius 3 is 1.72 bits per heavy atom. The molecule has 2 aliphatic heterocycles. The number of ether oxygens (including phenoxy) is 1. The highest BCUT2D eigenvalue weighted by atomic mass is 19.4. The van der Waals surface area contributed by atoms with Crippen LogP contribution in [0.25, 0.3) is 10.8 Å². The number of rotatable bonds is 1. The summed E-state index contributed by atoms with van der Waals surface area (Å²) >= 11 is 0. The minimum atomic E-state index is -5.18. The van der Waals surface area contributed by atoms with Crippen LogP contribution in [0.3, 0.4) is 0 Å². The van der Waals surface area contributed by atoms with E-state index < -0.39 is 70.1 Å². The van der Waals surface area contributed by atoms with Crippen molar-refractivity contribution in [3.05, 3.63) is 107 Å². The number of fused-ring (bicyclic) bond motifs is 10. The van der Waals surface area contributed by atoms with Crippen LogP contribution >= 0.6 is 0 Å². The Kier molecular flexibility index (Phi) is 4.61. The van der Waals surface area contributed by atoms with Gasteiger partial charge in [-0.05, 0) is 45.7 Å². The van der Waals surface area contributed by atoms with E-state index in [0.29, 0.717) is 34.0 Å². The van der Waals surface area contributed by atoms with E-state index in [0.717, 1.165) is 0 Å². The van der Waals surface area contributed by atoms with Crippen molar-refractivity contribution in [3.8, 4) is 0 Å². The maximum Gasteiger partial charge on any atom is 0.418 e. The predicted molar refractivity (Wildman–Crippen MR) is 123 cm³/mol. The molecule has 0 N–H and O–H groups in total. The van der Waals surface area contributed by atoms with Crippen molar-refractivity contribution in [1.29, 1.82) is 0 Å². The van der Waals surface area contributed by atoms with Gasteiger partial charge in [-0.2, -0.15) is 39.5 Å². The largest absolute Gasteiger partial charge is 0.418 e. The van der Waals surface area contributed by atoms with E-state index in [-0.39, 0.29) is 6.07 Å². The van der Waals surface area contributed by atoms with Crippen molar-refractivity contribution >= 4 is 10.8 Å². The molecule has 7 rings (SSSR count). The lowest BCUT2D eigenvalue weighted by atomic mass is 9.53. The van der Waals surface area contributed by atoms with Gasteiger partial charge in [0.05, 0.1) is 11.1 Å². The van der Waals surface area contributed by atoms with Gasteiger partial charge in [0.2, 0.25) is 0 Å². The topological polar surface area (TPSA) is 9.23 Å². The number of halogens is 9. The molecule has 39 heavy (non-hydrogen) atoms. The molecule has 2 fully saturated rings. The second-order valence-corrected chi connectivity index (χ2v) is 10.5. The van der Waals surface area contributed by atoms with Crippen molar-refractivity contribution in [2.24, 2.45) is 11.8 Å². The first-order valence-electron chi connectivity index (χ1n) is 12.1. The van der Waals surface area contributed by atoms with Gasteiger partial charge in [0.1, 0.15) is 5.60 Å². The van der Waals surface area contributed by atoms with E-state index in [4.69, 9.17) is 4.74 Å². The van der Waals surface area contributed by atoms with Crippen LogP contribution in [0.5, 0.6) is 0 Å². The molecule has 2 heterocycles. The van der Waals surface area contributed by atoms with Crippen LogP contribution in [-0.2, 0) is 22.7 Å². The first-order valence-corrected chi connectivity index (χ1v) is 12.1. The van der Waals surface area contributed by atoms with Crippen LogP contribution in [0.15, 0.2) is 78.9 Å². The van der Waals surface area contributed by atoms with E-state index in [1.807, 2.05) is 0 Å². The van der Waals surface area contributed by atoms with Gasteiger partial charge in [-0.25, -0.2) is 0 Å². The average Bonchev–Trinajstić information content (AvgIpc) is 3.49. The fraction of sp³-hybridized carbons (Fsp3) is 0.310. The maximum absolute atomic E-state index is 15.3. The molecule has 0 spiro atoms. The Balaban J connectivity index is 1.61. The maximum atomic E-state index is 15.3. The van der Waals surface area contributed by atoms with Crippen molar-refractivity contribution in [1.82, 2.24) is 0 Å². The van der Waals surface area contributed by atoms with Crippen LogP contribution in [0.4, 0.5) is 39.5 Å². The lowest BCUT2D eigenvalue weighted by Gasteiger charge is -2.46. The molecule has 6 unspecified atom stereocenters. The van der Waals surface area contributed by atoms with Crippen molar-refractivity contribution in [2.75, 3.05) is 0 Å². The standard InChI is InChI=1S/C29H17F9O/c30-27(31,32)16-11-15(12-17(13-16)28(33,34)35)25-20-9-1-2-10-21(20)26(39-25,29(36,37)38)24-19-8-4-6-14-5-3-7-18(22(14)19)23(24)25/h1-13,20-21,23-24H. The molecule has 3 aromatic rings. The van der Waals surface area contributed by atoms with E-state index >= 15 is 13.2 Å². The number of hydrogen-bond acceptors (Lipinski definition) is 1.